The number of benzene rings is 3. The van der Waals surface area contributed by atoms with Crippen molar-refractivity contribution in [2.75, 3.05) is 29.2 Å². The van der Waals surface area contributed by atoms with Crippen molar-refractivity contribution in [3.63, 3.8) is 0 Å². The van der Waals surface area contributed by atoms with Crippen LogP contribution in [0.4, 0.5) is 16.5 Å². The number of aromatic nitrogens is 1. The minimum Gasteiger partial charge on any atom is -0.497 e. The number of hydrogen-bond acceptors (Lipinski definition) is 6. The van der Waals surface area contributed by atoms with Gasteiger partial charge in [-0.1, -0.05) is 30.3 Å². The maximum absolute atomic E-state index is 13.3. The van der Waals surface area contributed by atoms with E-state index in [1.54, 1.807) is 29.5 Å². The molecule has 0 fully saturated rings. The van der Waals surface area contributed by atoms with Gasteiger partial charge in [-0.25, -0.2) is 4.98 Å². The molecule has 3 amide bonds. The van der Waals surface area contributed by atoms with E-state index < -0.39 is 0 Å². The highest BCUT2D eigenvalue weighted by atomic mass is 32.1. The zero-order valence-electron chi connectivity index (χ0n) is 20.1. The van der Waals surface area contributed by atoms with E-state index in [1.807, 2.05) is 54.6 Å². The fraction of sp³-hybridized carbons (Fsp3) is 0.143. The fourth-order valence-corrected chi connectivity index (χ4v) is 5.07. The van der Waals surface area contributed by atoms with Gasteiger partial charge in [0.15, 0.2) is 5.13 Å². The zero-order chi connectivity index (χ0) is 25.8. The summed E-state index contributed by atoms with van der Waals surface area (Å²) in [4.78, 5) is 42.9. The van der Waals surface area contributed by atoms with Gasteiger partial charge in [-0.15, -0.1) is 11.3 Å². The Bertz CT molecular complexity index is 1470. The lowest BCUT2D eigenvalue weighted by Gasteiger charge is -2.17. The predicted octanol–water partition coefficient (Wildman–Crippen LogP) is 4.77. The van der Waals surface area contributed by atoms with Crippen molar-refractivity contribution in [2.24, 2.45) is 0 Å². The van der Waals surface area contributed by atoms with E-state index in [1.165, 1.54) is 11.3 Å². The Morgan fingerprint density at radius 1 is 1.11 bits per heavy atom. The Kier molecular flexibility index (Phi) is 6.96. The molecule has 2 N–H and O–H groups in total. The van der Waals surface area contributed by atoms with E-state index in [0.29, 0.717) is 47.2 Å². The second kappa shape index (κ2) is 10.6. The maximum atomic E-state index is 13.3. The van der Waals surface area contributed by atoms with Gasteiger partial charge < -0.3 is 20.3 Å². The number of fused-ring (bicyclic) bond motifs is 1. The predicted molar refractivity (Wildman–Crippen MR) is 144 cm³/mol. The van der Waals surface area contributed by atoms with Gasteiger partial charge in [0.25, 0.3) is 5.91 Å². The van der Waals surface area contributed by atoms with Crippen LogP contribution in [0.15, 0.2) is 72.1 Å². The largest absolute Gasteiger partial charge is 0.497 e. The summed E-state index contributed by atoms with van der Waals surface area (Å²) in [6.45, 7) is 0.559. The Hall–Kier alpha value is -4.50. The molecule has 1 aromatic heterocycles. The molecule has 37 heavy (non-hydrogen) atoms. The van der Waals surface area contributed by atoms with Crippen LogP contribution in [0.3, 0.4) is 0 Å². The highest BCUT2D eigenvalue weighted by Crippen LogP contribution is 2.32. The Morgan fingerprint density at radius 3 is 2.73 bits per heavy atom. The molecule has 0 saturated carbocycles. The van der Waals surface area contributed by atoms with Crippen molar-refractivity contribution in [3.8, 4) is 16.9 Å². The van der Waals surface area contributed by atoms with Crippen molar-refractivity contribution < 1.29 is 19.1 Å². The summed E-state index contributed by atoms with van der Waals surface area (Å²) in [6, 6.07) is 20.8. The third-order valence-electron chi connectivity index (χ3n) is 6.16. The molecule has 8 nitrogen and oxygen atoms in total. The van der Waals surface area contributed by atoms with Gasteiger partial charge in [-0.2, -0.15) is 0 Å². The lowest BCUT2D eigenvalue weighted by atomic mass is 9.98. The normalized spacial score (nSPS) is 12.1. The van der Waals surface area contributed by atoms with Crippen LogP contribution in [0.2, 0.25) is 0 Å². The Morgan fingerprint density at radius 2 is 1.95 bits per heavy atom. The molecular formula is C28H24N4O4S. The zero-order valence-corrected chi connectivity index (χ0v) is 20.9. The quantitative estimate of drug-likeness (QED) is 0.331. The highest BCUT2D eigenvalue weighted by Gasteiger charge is 2.26. The first kappa shape index (κ1) is 24.2. The number of nitrogens with one attached hydrogen (secondary N) is 2. The molecule has 3 aromatic carbocycles. The SMILES string of the molecule is COc1ccc(-c2ccccc2)c(C(=O)Nc2ccc3c(c2)CCN3C(=O)Cc2csc(NC=O)n2)c1. The first-order valence-electron chi connectivity index (χ1n) is 11.7. The van der Waals surface area contributed by atoms with Crippen molar-refractivity contribution in [2.45, 2.75) is 12.8 Å². The van der Waals surface area contributed by atoms with E-state index >= 15 is 0 Å². The summed E-state index contributed by atoms with van der Waals surface area (Å²) in [5.41, 5.74) is 5.35. The molecule has 186 valence electrons. The maximum Gasteiger partial charge on any atom is 0.256 e. The Balaban J connectivity index is 1.33. The van der Waals surface area contributed by atoms with Crippen LogP contribution in [0.25, 0.3) is 11.1 Å². The van der Waals surface area contributed by atoms with Crippen molar-refractivity contribution >= 4 is 46.1 Å². The van der Waals surface area contributed by atoms with E-state index in [9.17, 15) is 14.4 Å². The van der Waals surface area contributed by atoms with Gasteiger partial charge in [0.1, 0.15) is 5.75 Å². The number of amides is 3. The highest BCUT2D eigenvalue weighted by molar-refractivity contribution is 7.13. The van der Waals surface area contributed by atoms with Gasteiger partial charge in [0, 0.05) is 23.3 Å². The number of carbonyl (C=O) groups is 3. The molecule has 1 aliphatic rings. The number of ether oxygens (including phenoxy) is 1. The molecule has 0 atom stereocenters. The molecule has 9 heteroatoms. The standard InChI is InChI=1S/C28H24N4O4S/c1-36-22-8-9-23(18-5-3-2-4-6-18)24(15-22)27(35)30-20-7-10-25-19(13-20)11-12-32(25)26(34)14-21-16-37-28(31-21)29-17-33/h2-10,13,15-17H,11-12,14H2,1H3,(H,30,35)(H,29,31,33). The van der Waals surface area contributed by atoms with Gasteiger partial charge >= 0.3 is 0 Å². The van der Waals surface area contributed by atoms with E-state index in [-0.39, 0.29) is 18.2 Å². The molecular weight excluding hydrogens is 488 g/mol. The second-order valence-corrected chi connectivity index (χ2v) is 9.31. The molecule has 1 aliphatic heterocycles. The average molecular weight is 513 g/mol. The number of hydrogen-bond donors (Lipinski definition) is 2. The number of thiazole rings is 1. The smallest absolute Gasteiger partial charge is 0.256 e. The van der Waals surface area contributed by atoms with Gasteiger partial charge in [-0.3, -0.25) is 14.4 Å². The van der Waals surface area contributed by atoms with Gasteiger partial charge in [0.2, 0.25) is 12.3 Å². The summed E-state index contributed by atoms with van der Waals surface area (Å²) in [6.07, 6.45) is 1.40. The summed E-state index contributed by atoms with van der Waals surface area (Å²) >= 11 is 1.28. The number of methoxy groups -OCH3 is 1. The number of carbonyl (C=O) groups excluding carboxylic acids is 3. The third-order valence-corrected chi connectivity index (χ3v) is 6.98. The molecule has 0 unspecified atom stereocenters. The number of anilines is 3. The fourth-order valence-electron chi connectivity index (χ4n) is 4.40. The van der Waals surface area contributed by atoms with Crippen LogP contribution in [-0.4, -0.2) is 36.9 Å². The van der Waals surface area contributed by atoms with Crippen molar-refractivity contribution in [3.05, 3.63) is 88.9 Å². The molecule has 0 spiro atoms. The minimum absolute atomic E-state index is 0.0672. The first-order valence-corrected chi connectivity index (χ1v) is 12.6. The molecule has 4 aromatic rings. The van der Waals surface area contributed by atoms with Crippen LogP contribution in [-0.2, 0) is 22.4 Å². The third kappa shape index (κ3) is 5.22. The molecule has 5 rings (SSSR count). The minimum atomic E-state index is -0.244. The second-order valence-electron chi connectivity index (χ2n) is 8.45. The molecule has 0 aliphatic carbocycles. The van der Waals surface area contributed by atoms with E-state index in [2.05, 4.69) is 15.6 Å². The summed E-state index contributed by atoms with van der Waals surface area (Å²) < 4.78 is 5.36. The summed E-state index contributed by atoms with van der Waals surface area (Å²) in [5, 5.41) is 7.74. The molecule has 2 heterocycles. The topological polar surface area (TPSA) is 101 Å². The Labute approximate surface area is 217 Å². The molecule has 0 radical (unpaired) electrons. The average Bonchev–Trinajstić information content (AvgIpc) is 3.55. The van der Waals surface area contributed by atoms with Crippen LogP contribution in [0, 0.1) is 0 Å². The monoisotopic (exact) mass is 512 g/mol. The van der Waals surface area contributed by atoms with Crippen LogP contribution in [0.5, 0.6) is 5.75 Å². The molecule has 0 saturated heterocycles. The first-order chi connectivity index (χ1) is 18.1. The lowest BCUT2D eigenvalue weighted by Crippen LogP contribution is -2.30. The van der Waals surface area contributed by atoms with Crippen LogP contribution in [0.1, 0.15) is 21.6 Å². The molecule has 0 bridgehead atoms. The lowest BCUT2D eigenvalue weighted by molar-refractivity contribution is -0.118. The summed E-state index contributed by atoms with van der Waals surface area (Å²) in [7, 11) is 1.57. The number of rotatable bonds is 8. The van der Waals surface area contributed by atoms with Crippen LogP contribution >= 0.6 is 11.3 Å². The number of nitrogens with zero attached hydrogens (tertiary/aromatic N) is 2. The van der Waals surface area contributed by atoms with E-state index in [4.69, 9.17) is 4.74 Å². The summed E-state index contributed by atoms with van der Waals surface area (Å²) in [5.74, 6) is 0.288. The van der Waals surface area contributed by atoms with Crippen molar-refractivity contribution in [1.82, 2.24) is 4.98 Å². The van der Waals surface area contributed by atoms with Crippen LogP contribution < -0.4 is 20.3 Å². The van der Waals surface area contributed by atoms with E-state index in [0.717, 1.165) is 22.4 Å². The van der Waals surface area contributed by atoms with Crippen molar-refractivity contribution in [1.29, 1.82) is 0 Å². The van der Waals surface area contributed by atoms with Gasteiger partial charge in [-0.05, 0) is 59.5 Å². The van der Waals surface area contributed by atoms with Gasteiger partial charge in [0.05, 0.1) is 24.8 Å².